The first-order chi connectivity index (χ1) is 12.7. The lowest BCUT2D eigenvalue weighted by atomic mass is 10.0. The molecule has 2 aromatic carbocycles. The van der Waals surface area contributed by atoms with Crippen LogP contribution >= 0.6 is 0 Å². The van der Waals surface area contributed by atoms with Crippen molar-refractivity contribution in [1.29, 1.82) is 0 Å². The maximum absolute atomic E-state index is 6.52. The van der Waals surface area contributed by atoms with Gasteiger partial charge in [0, 0.05) is 13.1 Å². The summed E-state index contributed by atoms with van der Waals surface area (Å²) in [7, 11) is 2.13. The van der Waals surface area contributed by atoms with Crippen LogP contribution in [0.1, 0.15) is 30.6 Å². The van der Waals surface area contributed by atoms with Crippen molar-refractivity contribution >= 4 is 0 Å². The van der Waals surface area contributed by atoms with E-state index < -0.39 is 0 Å². The predicted molar refractivity (Wildman–Crippen MR) is 104 cm³/mol. The molecule has 2 unspecified atom stereocenters. The average Bonchev–Trinajstić information content (AvgIpc) is 2.66. The van der Waals surface area contributed by atoms with Crippen molar-refractivity contribution in [2.24, 2.45) is 0 Å². The van der Waals surface area contributed by atoms with E-state index in [2.05, 4.69) is 44.0 Å². The summed E-state index contributed by atoms with van der Waals surface area (Å²) >= 11 is 0. The summed E-state index contributed by atoms with van der Waals surface area (Å²) in [5.41, 5.74) is 2.27. The molecule has 0 spiro atoms. The first-order valence-corrected chi connectivity index (χ1v) is 9.42. The number of ether oxygens (including phenoxy) is 3. The Hall–Kier alpha value is -2.04. The highest BCUT2D eigenvalue weighted by Gasteiger charge is 2.30. The second kappa shape index (κ2) is 9.06. The third-order valence-corrected chi connectivity index (χ3v) is 4.58. The van der Waals surface area contributed by atoms with E-state index in [1.54, 1.807) is 0 Å². The van der Waals surface area contributed by atoms with Crippen LogP contribution in [0.4, 0.5) is 0 Å². The fourth-order valence-electron chi connectivity index (χ4n) is 3.17. The summed E-state index contributed by atoms with van der Waals surface area (Å²) in [6.45, 7) is 7.37. The lowest BCUT2D eigenvalue weighted by Gasteiger charge is -2.35. The zero-order valence-electron chi connectivity index (χ0n) is 16.0. The van der Waals surface area contributed by atoms with Gasteiger partial charge in [-0.15, -0.1) is 0 Å². The molecule has 1 aliphatic heterocycles. The largest absolute Gasteiger partial charge is 0.490 e. The molecule has 2 aromatic rings. The molecule has 0 N–H and O–H groups in total. The Labute approximate surface area is 156 Å². The van der Waals surface area contributed by atoms with Crippen LogP contribution in [0.5, 0.6) is 11.5 Å². The van der Waals surface area contributed by atoms with Crippen LogP contribution in [0.3, 0.4) is 0 Å². The summed E-state index contributed by atoms with van der Waals surface area (Å²) in [4.78, 5) is 2.29. The summed E-state index contributed by atoms with van der Waals surface area (Å²) in [6.07, 6.45) is 0.770. The molecule has 0 aliphatic carbocycles. The zero-order valence-corrected chi connectivity index (χ0v) is 16.0. The van der Waals surface area contributed by atoms with Gasteiger partial charge >= 0.3 is 0 Å². The highest BCUT2D eigenvalue weighted by Crippen LogP contribution is 2.35. The first-order valence-electron chi connectivity index (χ1n) is 9.42. The molecule has 140 valence electrons. The first kappa shape index (κ1) is 18.7. The van der Waals surface area contributed by atoms with Crippen molar-refractivity contribution in [2.75, 3.05) is 33.4 Å². The minimum Gasteiger partial charge on any atom is -0.490 e. The van der Waals surface area contributed by atoms with Gasteiger partial charge in [-0.2, -0.15) is 0 Å². The molecular formula is C22H29NO3. The highest BCUT2D eigenvalue weighted by molar-refractivity contribution is 5.43. The van der Waals surface area contributed by atoms with E-state index in [1.807, 2.05) is 30.3 Å². The van der Waals surface area contributed by atoms with Crippen molar-refractivity contribution in [2.45, 2.75) is 32.5 Å². The quantitative estimate of drug-likeness (QED) is 0.743. The maximum atomic E-state index is 6.52. The summed E-state index contributed by atoms with van der Waals surface area (Å²) in [5.74, 6) is 1.58. The summed E-state index contributed by atoms with van der Waals surface area (Å²) in [5, 5.41) is 0. The van der Waals surface area contributed by atoms with E-state index in [1.165, 1.54) is 0 Å². The molecule has 1 saturated heterocycles. The van der Waals surface area contributed by atoms with Gasteiger partial charge in [-0.3, -0.25) is 0 Å². The molecule has 0 bridgehead atoms. The molecule has 1 aliphatic rings. The third kappa shape index (κ3) is 4.77. The Balaban J connectivity index is 1.89. The molecule has 0 amide bonds. The number of hydrogen-bond donors (Lipinski definition) is 0. The van der Waals surface area contributed by atoms with Crippen molar-refractivity contribution < 1.29 is 14.2 Å². The fourth-order valence-corrected chi connectivity index (χ4v) is 3.17. The molecule has 4 heteroatoms. The van der Waals surface area contributed by atoms with E-state index in [9.17, 15) is 0 Å². The molecule has 0 aromatic heterocycles. The summed E-state index contributed by atoms with van der Waals surface area (Å²) in [6, 6.07) is 16.4. The van der Waals surface area contributed by atoms with E-state index in [-0.39, 0.29) is 12.2 Å². The Morgan fingerprint density at radius 1 is 1.15 bits per heavy atom. The van der Waals surface area contributed by atoms with E-state index in [4.69, 9.17) is 14.2 Å². The third-order valence-electron chi connectivity index (χ3n) is 4.58. The van der Waals surface area contributed by atoms with Crippen molar-refractivity contribution in [1.82, 2.24) is 4.90 Å². The maximum Gasteiger partial charge on any atom is 0.162 e. The zero-order chi connectivity index (χ0) is 18.4. The predicted octanol–water partition coefficient (Wildman–Crippen LogP) is 4.23. The van der Waals surface area contributed by atoms with Crippen LogP contribution in [0.2, 0.25) is 0 Å². The number of hydrogen-bond acceptors (Lipinski definition) is 4. The molecule has 26 heavy (non-hydrogen) atoms. The van der Waals surface area contributed by atoms with E-state index >= 15 is 0 Å². The van der Waals surface area contributed by atoms with Crippen LogP contribution in [0.25, 0.3) is 0 Å². The minimum atomic E-state index is -0.176. The monoisotopic (exact) mass is 355 g/mol. The Kier molecular flexibility index (Phi) is 6.53. The lowest BCUT2D eigenvalue weighted by molar-refractivity contribution is -0.0764. The van der Waals surface area contributed by atoms with Crippen LogP contribution in [-0.4, -0.2) is 44.4 Å². The number of morpholine rings is 1. The van der Waals surface area contributed by atoms with Crippen LogP contribution in [-0.2, 0) is 4.74 Å². The molecule has 0 radical (unpaired) electrons. The minimum absolute atomic E-state index is 0.0179. The fraction of sp³-hybridized carbons (Fsp3) is 0.455. The standard InChI is InChI=1S/C22H29NO3/c1-4-13-24-19-11-10-17(2)15-20(19)26-22(18-8-6-5-7-9-18)21-16-23(3)12-14-25-21/h5-11,15,21-22H,4,12-14,16H2,1-3H3. The SMILES string of the molecule is CCCOc1ccc(C)cc1OC(c1ccccc1)C1CN(C)CCO1. The van der Waals surface area contributed by atoms with Gasteiger partial charge in [0.1, 0.15) is 6.10 Å². The van der Waals surface area contributed by atoms with Gasteiger partial charge in [0.15, 0.2) is 17.6 Å². The number of rotatable bonds is 7. The Morgan fingerprint density at radius 2 is 1.96 bits per heavy atom. The molecule has 4 nitrogen and oxygen atoms in total. The van der Waals surface area contributed by atoms with Gasteiger partial charge in [-0.1, -0.05) is 43.3 Å². The molecule has 1 heterocycles. The molecule has 2 atom stereocenters. The Bertz CT molecular complexity index is 689. The van der Waals surface area contributed by atoms with E-state index in [0.29, 0.717) is 6.61 Å². The van der Waals surface area contributed by atoms with Crippen LogP contribution in [0.15, 0.2) is 48.5 Å². The number of likely N-dealkylation sites (N-methyl/N-ethyl adjacent to an activating group) is 1. The lowest BCUT2D eigenvalue weighted by Crippen LogP contribution is -2.44. The summed E-state index contributed by atoms with van der Waals surface area (Å²) < 4.78 is 18.5. The Morgan fingerprint density at radius 3 is 2.69 bits per heavy atom. The van der Waals surface area contributed by atoms with Gasteiger partial charge in [0.05, 0.1) is 13.2 Å². The molecule has 1 fully saturated rings. The normalized spacial score (nSPS) is 19.1. The van der Waals surface area contributed by atoms with Gasteiger partial charge in [-0.25, -0.2) is 0 Å². The van der Waals surface area contributed by atoms with Gasteiger partial charge in [0.25, 0.3) is 0 Å². The van der Waals surface area contributed by atoms with Crippen LogP contribution < -0.4 is 9.47 Å². The van der Waals surface area contributed by atoms with Crippen molar-refractivity contribution in [3.05, 3.63) is 59.7 Å². The van der Waals surface area contributed by atoms with Crippen LogP contribution in [0, 0.1) is 6.92 Å². The number of aryl methyl sites for hydroxylation is 1. The number of nitrogens with zero attached hydrogens (tertiary/aromatic N) is 1. The van der Waals surface area contributed by atoms with Gasteiger partial charge < -0.3 is 19.1 Å². The second-order valence-corrected chi connectivity index (χ2v) is 6.92. The van der Waals surface area contributed by atoms with Crippen molar-refractivity contribution in [3.63, 3.8) is 0 Å². The average molecular weight is 355 g/mol. The second-order valence-electron chi connectivity index (χ2n) is 6.92. The van der Waals surface area contributed by atoms with Gasteiger partial charge in [0.2, 0.25) is 0 Å². The molecule has 3 rings (SSSR count). The molecule has 0 saturated carbocycles. The van der Waals surface area contributed by atoms with Crippen molar-refractivity contribution in [3.8, 4) is 11.5 Å². The highest BCUT2D eigenvalue weighted by atomic mass is 16.6. The topological polar surface area (TPSA) is 30.9 Å². The molecular weight excluding hydrogens is 326 g/mol. The number of benzene rings is 2. The van der Waals surface area contributed by atoms with Gasteiger partial charge in [-0.05, 0) is 43.7 Å². The smallest absolute Gasteiger partial charge is 0.162 e. The van der Waals surface area contributed by atoms with E-state index in [0.717, 1.165) is 48.7 Å².